The van der Waals surface area contributed by atoms with Crippen molar-refractivity contribution < 1.29 is 13.2 Å². The molecule has 2 rings (SSSR count). The van der Waals surface area contributed by atoms with Gasteiger partial charge in [-0.15, -0.1) is 24.0 Å². The highest BCUT2D eigenvalue weighted by molar-refractivity contribution is 14.0. The van der Waals surface area contributed by atoms with Crippen LogP contribution in [0.1, 0.15) is 11.1 Å². The SMILES string of the molecule is CN=C(NCc1ccc(OC)cc1)NCc1ccc(S(C)(=O)=O)cc1.I. The Morgan fingerprint density at radius 2 is 1.42 bits per heavy atom. The second-order valence-electron chi connectivity index (χ2n) is 5.54. The molecule has 0 aliphatic heterocycles. The summed E-state index contributed by atoms with van der Waals surface area (Å²) in [6.07, 6.45) is 1.20. The van der Waals surface area contributed by atoms with E-state index in [4.69, 9.17) is 4.74 Å². The van der Waals surface area contributed by atoms with E-state index in [2.05, 4.69) is 15.6 Å². The average Bonchev–Trinajstić information content (AvgIpc) is 2.62. The van der Waals surface area contributed by atoms with E-state index < -0.39 is 9.84 Å². The second kappa shape index (κ2) is 10.4. The zero-order chi connectivity index (χ0) is 18.3. The Bertz CT molecular complexity index is 820. The molecule has 2 aromatic rings. The topological polar surface area (TPSA) is 79.8 Å². The minimum atomic E-state index is -3.17. The Labute approximate surface area is 172 Å². The van der Waals surface area contributed by atoms with Crippen molar-refractivity contribution in [3.05, 3.63) is 59.7 Å². The van der Waals surface area contributed by atoms with Crippen LogP contribution in [-0.2, 0) is 22.9 Å². The first-order valence-electron chi connectivity index (χ1n) is 7.79. The maximum atomic E-state index is 11.5. The van der Waals surface area contributed by atoms with Crippen LogP contribution < -0.4 is 15.4 Å². The molecule has 0 saturated carbocycles. The van der Waals surface area contributed by atoms with Crippen LogP contribution in [0.5, 0.6) is 5.75 Å². The molecule has 2 N–H and O–H groups in total. The largest absolute Gasteiger partial charge is 0.497 e. The van der Waals surface area contributed by atoms with Crippen LogP contribution in [0.4, 0.5) is 0 Å². The van der Waals surface area contributed by atoms with E-state index in [1.165, 1.54) is 6.26 Å². The van der Waals surface area contributed by atoms with Gasteiger partial charge < -0.3 is 15.4 Å². The van der Waals surface area contributed by atoms with Gasteiger partial charge in [0.1, 0.15) is 5.75 Å². The van der Waals surface area contributed by atoms with Gasteiger partial charge >= 0.3 is 0 Å². The number of benzene rings is 2. The summed E-state index contributed by atoms with van der Waals surface area (Å²) >= 11 is 0. The molecule has 0 radical (unpaired) electrons. The maximum Gasteiger partial charge on any atom is 0.191 e. The second-order valence-corrected chi connectivity index (χ2v) is 7.56. The van der Waals surface area contributed by atoms with E-state index in [0.717, 1.165) is 16.9 Å². The van der Waals surface area contributed by atoms with Crippen LogP contribution in [0.25, 0.3) is 0 Å². The minimum Gasteiger partial charge on any atom is -0.497 e. The fraction of sp³-hybridized carbons (Fsp3) is 0.278. The van der Waals surface area contributed by atoms with Gasteiger partial charge in [-0.2, -0.15) is 0 Å². The molecule has 6 nitrogen and oxygen atoms in total. The van der Waals surface area contributed by atoms with E-state index in [1.807, 2.05) is 24.3 Å². The molecule has 0 aliphatic rings. The van der Waals surface area contributed by atoms with Crippen LogP contribution >= 0.6 is 24.0 Å². The van der Waals surface area contributed by atoms with Gasteiger partial charge in [0.05, 0.1) is 12.0 Å². The standard InChI is InChI=1S/C18H23N3O3S.HI/c1-19-18(20-12-14-4-8-16(24-2)9-5-14)21-13-15-6-10-17(11-7-15)25(3,22)23;/h4-11H,12-13H2,1-3H3,(H2,19,20,21);1H. The Kier molecular flexibility index (Phi) is 8.86. The van der Waals surface area contributed by atoms with Crippen molar-refractivity contribution in [2.24, 2.45) is 4.99 Å². The molecular formula is C18H24IN3O3S. The zero-order valence-electron chi connectivity index (χ0n) is 15.0. The van der Waals surface area contributed by atoms with Gasteiger partial charge in [-0.1, -0.05) is 24.3 Å². The van der Waals surface area contributed by atoms with Crippen LogP contribution in [0.15, 0.2) is 58.4 Å². The summed E-state index contributed by atoms with van der Waals surface area (Å²) in [4.78, 5) is 4.50. The van der Waals surface area contributed by atoms with E-state index in [1.54, 1.807) is 38.4 Å². The predicted molar refractivity (Wildman–Crippen MR) is 115 cm³/mol. The number of methoxy groups -OCH3 is 1. The van der Waals surface area contributed by atoms with Crippen molar-refractivity contribution in [3.63, 3.8) is 0 Å². The third-order valence-corrected chi connectivity index (χ3v) is 4.78. The molecule has 0 atom stereocenters. The monoisotopic (exact) mass is 489 g/mol. The number of nitrogens with one attached hydrogen (secondary N) is 2. The Hall–Kier alpha value is -1.81. The Morgan fingerprint density at radius 3 is 1.81 bits per heavy atom. The molecule has 0 spiro atoms. The van der Waals surface area contributed by atoms with Crippen molar-refractivity contribution in [2.45, 2.75) is 18.0 Å². The van der Waals surface area contributed by atoms with E-state index in [-0.39, 0.29) is 24.0 Å². The van der Waals surface area contributed by atoms with E-state index >= 15 is 0 Å². The van der Waals surface area contributed by atoms with Gasteiger partial charge in [-0.25, -0.2) is 8.42 Å². The summed E-state index contributed by atoms with van der Waals surface area (Å²) in [6.45, 7) is 1.18. The van der Waals surface area contributed by atoms with Gasteiger partial charge in [0.2, 0.25) is 0 Å². The number of hydrogen-bond donors (Lipinski definition) is 2. The van der Waals surface area contributed by atoms with Crippen molar-refractivity contribution in [2.75, 3.05) is 20.4 Å². The molecule has 0 amide bonds. The molecule has 0 bridgehead atoms. The van der Waals surface area contributed by atoms with Crippen molar-refractivity contribution >= 4 is 39.8 Å². The van der Waals surface area contributed by atoms with Crippen molar-refractivity contribution in [3.8, 4) is 5.75 Å². The Morgan fingerprint density at radius 1 is 0.962 bits per heavy atom. The highest BCUT2D eigenvalue weighted by atomic mass is 127. The summed E-state index contributed by atoms with van der Waals surface area (Å²) in [5.74, 6) is 1.49. The van der Waals surface area contributed by atoms with Crippen LogP contribution in [0, 0.1) is 0 Å². The molecule has 0 heterocycles. The zero-order valence-corrected chi connectivity index (χ0v) is 18.2. The molecule has 0 saturated heterocycles. The number of nitrogens with zero attached hydrogens (tertiary/aromatic N) is 1. The summed E-state index contributed by atoms with van der Waals surface area (Å²) in [6, 6.07) is 14.6. The summed E-state index contributed by atoms with van der Waals surface area (Å²) in [5.41, 5.74) is 2.08. The molecule has 0 unspecified atom stereocenters. The lowest BCUT2D eigenvalue weighted by molar-refractivity contribution is 0.414. The lowest BCUT2D eigenvalue weighted by Crippen LogP contribution is -2.36. The molecular weight excluding hydrogens is 465 g/mol. The minimum absolute atomic E-state index is 0. The van der Waals surface area contributed by atoms with Gasteiger partial charge in [0, 0.05) is 26.4 Å². The van der Waals surface area contributed by atoms with Gasteiger partial charge in [-0.3, -0.25) is 4.99 Å². The first-order valence-corrected chi connectivity index (χ1v) is 9.68. The molecule has 0 fully saturated rings. The smallest absolute Gasteiger partial charge is 0.191 e. The van der Waals surface area contributed by atoms with Crippen molar-refractivity contribution in [1.82, 2.24) is 10.6 Å². The van der Waals surface area contributed by atoms with E-state index in [9.17, 15) is 8.42 Å². The lowest BCUT2D eigenvalue weighted by Gasteiger charge is -2.12. The van der Waals surface area contributed by atoms with Gasteiger partial charge in [0.25, 0.3) is 0 Å². The highest BCUT2D eigenvalue weighted by Crippen LogP contribution is 2.11. The van der Waals surface area contributed by atoms with Crippen LogP contribution in [0.3, 0.4) is 0 Å². The summed E-state index contributed by atoms with van der Waals surface area (Å²) in [7, 11) is 0.180. The molecule has 8 heteroatoms. The summed E-state index contributed by atoms with van der Waals surface area (Å²) in [5, 5.41) is 6.43. The lowest BCUT2D eigenvalue weighted by atomic mass is 10.2. The number of halogens is 1. The van der Waals surface area contributed by atoms with E-state index in [0.29, 0.717) is 23.9 Å². The van der Waals surface area contributed by atoms with Gasteiger partial charge in [0.15, 0.2) is 15.8 Å². The number of aliphatic imine (C=N–C) groups is 1. The number of sulfone groups is 1. The number of guanidine groups is 1. The first kappa shape index (κ1) is 22.2. The Balaban J connectivity index is 0.00000338. The number of ether oxygens (including phenoxy) is 1. The summed E-state index contributed by atoms with van der Waals surface area (Å²) < 4.78 is 28.1. The molecule has 142 valence electrons. The van der Waals surface area contributed by atoms with Crippen LogP contribution in [-0.4, -0.2) is 34.8 Å². The third kappa shape index (κ3) is 6.83. The first-order chi connectivity index (χ1) is 11.9. The maximum absolute atomic E-state index is 11.5. The number of rotatable bonds is 6. The highest BCUT2D eigenvalue weighted by Gasteiger charge is 2.06. The number of hydrogen-bond acceptors (Lipinski definition) is 4. The van der Waals surface area contributed by atoms with Crippen molar-refractivity contribution in [1.29, 1.82) is 0 Å². The van der Waals surface area contributed by atoms with Crippen LogP contribution in [0.2, 0.25) is 0 Å². The quantitative estimate of drug-likeness (QED) is 0.371. The third-order valence-electron chi connectivity index (χ3n) is 3.65. The molecule has 0 aromatic heterocycles. The average molecular weight is 489 g/mol. The molecule has 26 heavy (non-hydrogen) atoms. The normalized spacial score (nSPS) is 11.4. The van der Waals surface area contributed by atoms with Gasteiger partial charge in [-0.05, 0) is 35.4 Å². The fourth-order valence-electron chi connectivity index (χ4n) is 2.19. The molecule has 2 aromatic carbocycles. The fourth-order valence-corrected chi connectivity index (χ4v) is 2.82. The molecule has 0 aliphatic carbocycles. The predicted octanol–water partition coefficient (Wildman–Crippen LogP) is 2.58.